The Balaban J connectivity index is 2.45. The highest BCUT2D eigenvalue weighted by molar-refractivity contribution is 4.84. The third-order valence-corrected chi connectivity index (χ3v) is 4.06. The second-order valence-electron chi connectivity index (χ2n) is 5.89. The van der Waals surface area contributed by atoms with Gasteiger partial charge in [0.05, 0.1) is 12.7 Å². The van der Waals surface area contributed by atoms with Gasteiger partial charge in [-0.1, -0.05) is 20.3 Å². The maximum Gasteiger partial charge on any atom is 0.0556 e. The summed E-state index contributed by atoms with van der Waals surface area (Å²) < 4.78 is 0. The van der Waals surface area contributed by atoms with Crippen LogP contribution in [-0.2, 0) is 0 Å². The highest BCUT2D eigenvalue weighted by Gasteiger charge is 2.27. The smallest absolute Gasteiger partial charge is 0.0556 e. The van der Waals surface area contributed by atoms with E-state index in [4.69, 9.17) is 5.11 Å². The minimum atomic E-state index is -0.158. The van der Waals surface area contributed by atoms with Crippen molar-refractivity contribution in [2.45, 2.75) is 58.1 Å². The summed E-state index contributed by atoms with van der Waals surface area (Å²) >= 11 is 0. The number of rotatable bonds is 9. The number of nitrogens with zero attached hydrogens (tertiary/aromatic N) is 1. The van der Waals surface area contributed by atoms with Gasteiger partial charge in [-0.3, -0.25) is 0 Å². The van der Waals surface area contributed by atoms with Crippen molar-refractivity contribution in [1.82, 2.24) is 10.2 Å². The first-order valence-electron chi connectivity index (χ1n) is 7.94. The Morgan fingerprint density at radius 1 is 1.32 bits per heavy atom. The van der Waals surface area contributed by atoms with E-state index < -0.39 is 0 Å². The molecule has 1 rings (SSSR count). The third-order valence-electron chi connectivity index (χ3n) is 4.06. The van der Waals surface area contributed by atoms with Crippen LogP contribution >= 0.6 is 0 Å². The Hall–Kier alpha value is -0.160. The van der Waals surface area contributed by atoms with Gasteiger partial charge in [0.15, 0.2) is 0 Å². The Labute approximate surface area is 118 Å². The Bertz CT molecular complexity index is 210. The number of unbranched alkanes of at least 4 members (excludes halogenated alkanes) is 1. The summed E-state index contributed by atoms with van der Waals surface area (Å²) in [5.41, 5.74) is 0. The van der Waals surface area contributed by atoms with E-state index in [2.05, 4.69) is 17.1 Å². The van der Waals surface area contributed by atoms with Crippen LogP contribution in [0, 0.1) is 5.92 Å². The van der Waals surface area contributed by atoms with Gasteiger partial charge in [0, 0.05) is 25.7 Å². The topological polar surface area (TPSA) is 55.7 Å². The fourth-order valence-electron chi connectivity index (χ4n) is 3.01. The molecule has 0 spiro atoms. The van der Waals surface area contributed by atoms with Crippen LogP contribution < -0.4 is 5.32 Å². The molecule has 19 heavy (non-hydrogen) atoms. The molecular weight excluding hydrogens is 240 g/mol. The second-order valence-corrected chi connectivity index (χ2v) is 5.89. The minimum Gasteiger partial charge on any atom is -0.395 e. The lowest BCUT2D eigenvalue weighted by atomic mass is 9.88. The van der Waals surface area contributed by atoms with Gasteiger partial charge in [-0.05, 0) is 38.1 Å². The first-order valence-corrected chi connectivity index (χ1v) is 7.94. The predicted octanol–water partition coefficient (Wildman–Crippen LogP) is 1.22. The molecule has 0 aromatic carbocycles. The lowest BCUT2D eigenvalue weighted by molar-refractivity contribution is 0.0820. The number of likely N-dealkylation sites (tertiary alicyclic amines) is 1. The normalized spacial score (nSPS) is 26.5. The van der Waals surface area contributed by atoms with Crippen molar-refractivity contribution in [3.05, 3.63) is 0 Å². The fourth-order valence-corrected chi connectivity index (χ4v) is 3.01. The molecule has 0 aliphatic carbocycles. The van der Waals surface area contributed by atoms with Gasteiger partial charge in [-0.2, -0.15) is 0 Å². The van der Waals surface area contributed by atoms with Crippen molar-refractivity contribution in [1.29, 1.82) is 0 Å². The Morgan fingerprint density at radius 3 is 2.74 bits per heavy atom. The van der Waals surface area contributed by atoms with E-state index in [1.165, 1.54) is 12.8 Å². The maximum atomic E-state index is 9.86. The zero-order valence-corrected chi connectivity index (χ0v) is 12.6. The van der Waals surface area contributed by atoms with Gasteiger partial charge < -0.3 is 20.4 Å². The van der Waals surface area contributed by atoms with Crippen molar-refractivity contribution in [3.63, 3.8) is 0 Å². The average Bonchev–Trinajstić information content (AvgIpc) is 2.42. The molecule has 4 heteroatoms. The number of hydrogen-bond donors (Lipinski definition) is 3. The van der Waals surface area contributed by atoms with Crippen LogP contribution in [0.15, 0.2) is 0 Å². The van der Waals surface area contributed by atoms with Gasteiger partial charge in [0.2, 0.25) is 0 Å². The molecule has 1 saturated heterocycles. The van der Waals surface area contributed by atoms with Crippen molar-refractivity contribution in [2.75, 3.05) is 32.8 Å². The molecule has 0 amide bonds. The summed E-state index contributed by atoms with van der Waals surface area (Å²) in [6, 6.07) is 0.465. The van der Waals surface area contributed by atoms with E-state index in [0.717, 1.165) is 38.9 Å². The zero-order chi connectivity index (χ0) is 14.1. The summed E-state index contributed by atoms with van der Waals surface area (Å²) in [5, 5.41) is 22.2. The maximum absolute atomic E-state index is 9.86. The first-order chi connectivity index (χ1) is 9.19. The van der Waals surface area contributed by atoms with E-state index in [0.29, 0.717) is 18.5 Å². The molecule has 1 aliphatic heterocycles. The summed E-state index contributed by atoms with van der Waals surface area (Å²) in [6.07, 6.45) is 5.20. The van der Waals surface area contributed by atoms with Gasteiger partial charge in [-0.15, -0.1) is 0 Å². The van der Waals surface area contributed by atoms with Gasteiger partial charge >= 0.3 is 0 Å². The van der Waals surface area contributed by atoms with Crippen LogP contribution in [0.4, 0.5) is 0 Å². The lowest BCUT2D eigenvalue weighted by Crippen LogP contribution is -2.50. The van der Waals surface area contributed by atoms with Crippen molar-refractivity contribution in [2.24, 2.45) is 5.92 Å². The number of aliphatic hydroxyl groups excluding tert-OH is 2. The average molecular weight is 272 g/mol. The largest absolute Gasteiger partial charge is 0.395 e. The van der Waals surface area contributed by atoms with E-state index >= 15 is 0 Å². The predicted molar refractivity (Wildman–Crippen MR) is 79.2 cm³/mol. The van der Waals surface area contributed by atoms with Crippen LogP contribution in [0.2, 0.25) is 0 Å². The van der Waals surface area contributed by atoms with E-state index in [1.54, 1.807) is 0 Å². The highest BCUT2D eigenvalue weighted by Crippen LogP contribution is 2.22. The first kappa shape index (κ1) is 16.9. The molecule has 0 aromatic rings. The van der Waals surface area contributed by atoms with Crippen molar-refractivity contribution >= 4 is 0 Å². The third kappa shape index (κ3) is 6.70. The van der Waals surface area contributed by atoms with Crippen LogP contribution in [0.1, 0.15) is 46.0 Å². The number of piperidine rings is 1. The molecule has 0 radical (unpaired) electrons. The molecule has 4 nitrogen and oxygen atoms in total. The molecule has 0 saturated carbocycles. The molecule has 3 N–H and O–H groups in total. The highest BCUT2D eigenvalue weighted by atomic mass is 16.3. The summed E-state index contributed by atoms with van der Waals surface area (Å²) in [4.78, 5) is 2.52. The molecule has 1 heterocycles. The molecule has 3 atom stereocenters. The standard InChI is InChI=1S/C15H32N2O2/c1-3-5-7-17-11-13(10-15(19)4-2)9-14(12-17)16-6-8-18/h13-16,18-19H,3-12H2,1-2H3. The number of hydrogen-bond acceptors (Lipinski definition) is 4. The Kier molecular flexibility index (Phi) is 8.62. The van der Waals surface area contributed by atoms with Gasteiger partial charge in [-0.25, -0.2) is 0 Å². The van der Waals surface area contributed by atoms with E-state index in [1.807, 2.05) is 6.92 Å². The minimum absolute atomic E-state index is 0.158. The van der Waals surface area contributed by atoms with Crippen LogP contribution in [0.3, 0.4) is 0 Å². The fraction of sp³-hybridized carbons (Fsp3) is 1.00. The quantitative estimate of drug-likeness (QED) is 0.591. The van der Waals surface area contributed by atoms with Crippen molar-refractivity contribution < 1.29 is 10.2 Å². The molecule has 3 unspecified atom stereocenters. The molecule has 0 aromatic heterocycles. The van der Waals surface area contributed by atoms with E-state index in [-0.39, 0.29) is 12.7 Å². The van der Waals surface area contributed by atoms with Crippen LogP contribution in [0.25, 0.3) is 0 Å². The van der Waals surface area contributed by atoms with Crippen LogP contribution in [0.5, 0.6) is 0 Å². The monoisotopic (exact) mass is 272 g/mol. The van der Waals surface area contributed by atoms with Gasteiger partial charge in [0.25, 0.3) is 0 Å². The number of nitrogens with one attached hydrogen (secondary N) is 1. The molecule has 1 aliphatic rings. The number of aliphatic hydroxyl groups is 2. The van der Waals surface area contributed by atoms with E-state index in [9.17, 15) is 5.11 Å². The summed E-state index contributed by atoms with van der Waals surface area (Å²) in [7, 11) is 0. The molecule has 114 valence electrons. The van der Waals surface area contributed by atoms with Gasteiger partial charge in [0.1, 0.15) is 0 Å². The molecule has 1 fully saturated rings. The second kappa shape index (κ2) is 9.70. The lowest BCUT2D eigenvalue weighted by Gasteiger charge is -2.39. The summed E-state index contributed by atoms with van der Waals surface area (Å²) in [5.74, 6) is 0.580. The SMILES string of the molecule is CCCCN1CC(CC(O)CC)CC(NCCO)C1. The van der Waals surface area contributed by atoms with Crippen molar-refractivity contribution in [3.8, 4) is 0 Å². The Morgan fingerprint density at radius 2 is 2.11 bits per heavy atom. The summed E-state index contributed by atoms with van der Waals surface area (Å²) in [6.45, 7) is 8.51. The molecule has 0 bridgehead atoms. The zero-order valence-electron chi connectivity index (χ0n) is 12.6. The van der Waals surface area contributed by atoms with Crippen LogP contribution in [-0.4, -0.2) is 60.0 Å². The molecular formula is C15H32N2O2.